The SMILES string of the molecule is CCCCC(CN)NC(=O)c1nc(S(C)(=O)=O)n2ccccc12.Cl. The number of halogens is 1. The minimum absolute atomic E-state index is 0. The van der Waals surface area contributed by atoms with Crippen molar-refractivity contribution in [1.29, 1.82) is 0 Å². The second kappa shape index (κ2) is 8.46. The lowest BCUT2D eigenvalue weighted by molar-refractivity contribution is 0.0932. The molecule has 0 spiro atoms. The second-order valence-corrected chi connectivity index (χ2v) is 7.43. The molecule has 0 fully saturated rings. The third kappa shape index (κ3) is 4.46. The summed E-state index contributed by atoms with van der Waals surface area (Å²) in [5, 5.41) is 2.70. The van der Waals surface area contributed by atoms with E-state index in [-0.39, 0.29) is 29.3 Å². The van der Waals surface area contributed by atoms with Crippen LogP contribution in [0.3, 0.4) is 0 Å². The van der Waals surface area contributed by atoms with Crippen LogP contribution in [-0.2, 0) is 9.84 Å². The minimum Gasteiger partial charge on any atom is -0.347 e. The normalized spacial score (nSPS) is 12.6. The van der Waals surface area contributed by atoms with E-state index in [0.717, 1.165) is 25.5 Å². The zero-order valence-corrected chi connectivity index (χ0v) is 15.4. The predicted molar refractivity (Wildman–Crippen MR) is 95.4 cm³/mol. The van der Waals surface area contributed by atoms with E-state index in [4.69, 9.17) is 5.73 Å². The molecular formula is C15H23ClN4O3S. The number of hydrogen-bond acceptors (Lipinski definition) is 5. The lowest BCUT2D eigenvalue weighted by atomic mass is 10.1. The summed E-state index contributed by atoms with van der Waals surface area (Å²) in [5.74, 6) is -0.407. The van der Waals surface area contributed by atoms with Crippen LogP contribution in [0.15, 0.2) is 29.6 Å². The van der Waals surface area contributed by atoms with Crippen molar-refractivity contribution < 1.29 is 13.2 Å². The number of rotatable bonds is 7. The topological polar surface area (TPSA) is 107 Å². The Kier molecular flexibility index (Phi) is 7.19. The van der Waals surface area contributed by atoms with Gasteiger partial charge >= 0.3 is 0 Å². The number of aromatic nitrogens is 2. The number of imidazole rings is 1. The molecule has 1 unspecified atom stereocenters. The smallest absolute Gasteiger partial charge is 0.272 e. The van der Waals surface area contributed by atoms with Crippen molar-refractivity contribution in [2.24, 2.45) is 5.73 Å². The van der Waals surface area contributed by atoms with Gasteiger partial charge in [-0.05, 0) is 18.6 Å². The van der Waals surface area contributed by atoms with Crippen LogP contribution < -0.4 is 11.1 Å². The second-order valence-electron chi connectivity index (χ2n) is 5.52. The highest BCUT2D eigenvalue weighted by Crippen LogP contribution is 2.17. The van der Waals surface area contributed by atoms with Gasteiger partial charge in [0, 0.05) is 25.0 Å². The average molecular weight is 375 g/mol. The molecule has 0 saturated heterocycles. The standard InChI is InChI=1S/C15H22N4O3S.ClH/c1-3-4-7-11(10-16)17-14(20)13-12-8-5-6-9-19(12)15(18-13)23(2,21)22;/h5-6,8-9,11H,3-4,7,10,16H2,1-2H3,(H,17,20);1H. The van der Waals surface area contributed by atoms with Gasteiger partial charge in [0.15, 0.2) is 5.69 Å². The molecule has 24 heavy (non-hydrogen) atoms. The molecule has 1 amide bonds. The number of pyridine rings is 1. The van der Waals surface area contributed by atoms with Crippen LogP contribution in [-0.4, -0.2) is 42.6 Å². The van der Waals surface area contributed by atoms with E-state index in [2.05, 4.69) is 17.2 Å². The number of carbonyl (C=O) groups excluding carboxylic acids is 1. The fourth-order valence-electron chi connectivity index (χ4n) is 2.39. The molecule has 3 N–H and O–H groups in total. The van der Waals surface area contributed by atoms with Crippen molar-refractivity contribution in [1.82, 2.24) is 14.7 Å². The molecule has 134 valence electrons. The van der Waals surface area contributed by atoms with Crippen LogP contribution in [0.2, 0.25) is 0 Å². The summed E-state index contributed by atoms with van der Waals surface area (Å²) in [7, 11) is -3.54. The van der Waals surface area contributed by atoms with Crippen molar-refractivity contribution in [2.45, 2.75) is 37.4 Å². The fourth-order valence-corrected chi connectivity index (χ4v) is 3.17. The molecule has 2 aromatic heterocycles. The van der Waals surface area contributed by atoms with E-state index in [1.165, 1.54) is 4.40 Å². The Morgan fingerprint density at radius 2 is 2.12 bits per heavy atom. The molecule has 0 aliphatic heterocycles. The Morgan fingerprint density at radius 3 is 2.71 bits per heavy atom. The van der Waals surface area contributed by atoms with E-state index in [1.807, 2.05) is 0 Å². The van der Waals surface area contributed by atoms with Crippen molar-refractivity contribution in [3.05, 3.63) is 30.1 Å². The van der Waals surface area contributed by atoms with Crippen molar-refractivity contribution in [2.75, 3.05) is 12.8 Å². The van der Waals surface area contributed by atoms with Gasteiger partial charge in [0.2, 0.25) is 15.0 Å². The summed E-state index contributed by atoms with van der Waals surface area (Å²) in [6.07, 6.45) is 5.40. The van der Waals surface area contributed by atoms with Crippen LogP contribution in [0.25, 0.3) is 5.52 Å². The Morgan fingerprint density at radius 1 is 1.42 bits per heavy atom. The molecule has 9 heteroatoms. The van der Waals surface area contributed by atoms with E-state index in [0.29, 0.717) is 12.1 Å². The highest BCUT2D eigenvalue weighted by Gasteiger charge is 2.23. The molecule has 0 aromatic carbocycles. The number of nitrogens with zero attached hydrogens (tertiary/aromatic N) is 2. The van der Waals surface area contributed by atoms with E-state index in [9.17, 15) is 13.2 Å². The zero-order chi connectivity index (χ0) is 17.0. The molecule has 0 bridgehead atoms. The molecule has 0 aliphatic rings. The minimum atomic E-state index is -3.54. The summed E-state index contributed by atoms with van der Waals surface area (Å²) < 4.78 is 25.1. The van der Waals surface area contributed by atoms with E-state index >= 15 is 0 Å². The van der Waals surface area contributed by atoms with Crippen LogP contribution in [0.5, 0.6) is 0 Å². The third-order valence-electron chi connectivity index (χ3n) is 3.59. The Balaban J connectivity index is 0.00000288. The molecule has 0 aliphatic carbocycles. The van der Waals surface area contributed by atoms with Crippen LogP contribution in [0.4, 0.5) is 0 Å². The highest BCUT2D eigenvalue weighted by atomic mass is 35.5. The monoisotopic (exact) mass is 374 g/mol. The van der Waals surface area contributed by atoms with Gasteiger partial charge in [-0.3, -0.25) is 9.20 Å². The maximum absolute atomic E-state index is 12.5. The third-order valence-corrected chi connectivity index (χ3v) is 4.54. The van der Waals surface area contributed by atoms with E-state index < -0.39 is 15.7 Å². The summed E-state index contributed by atoms with van der Waals surface area (Å²) in [5.41, 5.74) is 6.24. The predicted octanol–water partition coefficient (Wildman–Crippen LogP) is 1.41. The largest absolute Gasteiger partial charge is 0.347 e. The molecule has 2 aromatic rings. The first-order valence-electron chi connectivity index (χ1n) is 7.56. The number of sulfone groups is 1. The van der Waals surface area contributed by atoms with Crippen molar-refractivity contribution in [3.8, 4) is 0 Å². The van der Waals surface area contributed by atoms with Crippen LogP contribution in [0.1, 0.15) is 36.7 Å². The molecule has 2 rings (SSSR count). The lowest BCUT2D eigenvalue weighted by Gasteiger charge is -2.15. The first kappa shape index (κ1) is 20.4. The number of hydrogen-bond donors (Lipinski definition) is 2. The molecular weight excluding hydrogens is 352 g/mol. The summed E-state index contributed by atoms with van der Waals surface area (Å²) in [6.45, 7) is 2.40. The Labute approximate surface area is 148 Å². The number of nitrogens with one attached hydrogen (secondary N) is 1. The van der Waals surface area contributed by atoms with Gasteiger partial charge in [-0.15, -0.1) is 12.4 Å². The molecule has 2 heterocycles. The zero-order valence-electron chi connectivity index (χ0n) is 13.7. The maximum atomic E-state index is 12.5. The number of unbranched alkanes of at least 4 members (excludes halogenated alkanes) is 1. The van der Waals surface area contributed by atoms with Gasteiger partial charge in [-0.25, -0.2) is 13.4 Å². The van der Waals surface area contributed by atoms with Crippen molar-refractivity contribution in [3.63, 3.8) is 0 Å². The van der Waals surface area contributed by atoms with Crippen molar-refractivity contribution >= 4 is 33.7 Å². The van der Waals surface area contributed by atoms with Crippen LogP contribution >= 0.6 is 12.4 Å². The lowest BCUT2D eigenvalue weighted by Crippen LogP contribution is -2.40. The Hall–Kier alpha value is -1.64. The van der Waals surface area contributed by atoms with Gasteiger partial charge in [0.05, 0.1) is 5.52 Å². The number of nitrogens with two attached hydrogens (primary N) is 1. The van der Waals surface area contributed by atoms with Crippen LogP contribution in [0, 0.1) is 0 Å². The molecule has 0 saturated carbocycles. The summed E-state index contributed by atoms with van der Waals surface area (Å²) in [4.78, 5) is 16.5. The van der Waals surface area contributed by atoms with E-state index in [1.54, 1.807) is 24.4 Å². The first-order chi connectivity index (χ1) is 10.9. The highest BCUT2D eigenvalue weighted by molar-refractivity contribution is 7.90. The average Bonchev–Trinajstić information content (AvgIpc) is 2.91. The summed E-state index contributed by atoms with van der Waals surface area (Å²) >= 11 is 0. The van der Waals surface area contributed by atoms with Gasteiger partial charge in [-0.2, -0.15) is 0 Å². The molecule has 0 radical (unpaired) electrons. The van der Waals surface area contributed by atoms with Gasteiger partial charge in [-0.1, -0.05) is 25.8 Å². The summed E-state index contributed by atoms with van der Waals surface area (Å²) in [6, 6.07) is 4.94. The fraction of sp³-hybridized carbons (Fsp3) is 0.467. The number of amides is 1. The quantitative estimate of drug-likeness (QED) is 0.761. The van der Waals surface area contributed by atoms with Gasteiger partial charge in [0.1, 0.15) is 0 Å². The van der Waals surface area contributed by atoms with Gasteiger partial charge < -0.3 is 11.1 Å². The Bertz CT molecular complexity index is 804. The number of carbonyl (C=O) groups is 1. The van der Waals surface area contributed by atoms with Gasteiger partial charge in [0.25, 0.3) is 5.91 Å². The first-order valence-corrected chi connectivity index (χ1v) is 9.45. The molecule has 7 nitrogen and oxygen atoms in total. The molecule has 1 atom stereocenters. The maximum Gasteiger partial charge on any atom is 0.272 e. The number of fused-ring (bicyclic) bond motifs is 1.